The molecule has 0 aliphatic rings. The van der Waals surface area contributed by atoms with Crippen molar-refractivity contribution in [3.63, 3.8) is 0 Å². The van der Waals surface area contributed by atoms with Crippen LogP contribution in [0.1, 0.15) is 11.1 Å². The van der Waals surface area contributed by atoms with E-state index in [4.69, 9.17) is 16.7 Å². The Morgan fingerprint density at radius 2 is 2.05 bits per heavy atom. The van der Waals surface area contributed by atoms with Crippen molar-refractivity contribution >= 4 is 29.3 Å². The molecular weight excluding hydrogens is 288 g/mol. The van der Waals surface area contributed by atoms with E-state index in [0.29, 0.717) is 11.6 Å². The number of rotatable bonds is 5. The molecule has 0 saturated heterocycles. The van der Waals surface area contributed by atoms with Crippen molar-refractivity contribution < 1.29 is 9.90 Å². The summed E-state index contributed by atoms with van der Waals surface area (Å²) < 4.78 is 0. The fraction of sp³-hybridized carbons (Fsp3) is 0.125. The molecule has 1 aromatic heterocycles. The van der Waals surface area contributed by atoms with Gasteiger partial charge in [0.05, 0.1) is 0 Å². The van der Waals surface area contributed by atoms with Gasteiger partial charge in [-0.25, -0.2) is 4.79 Å². The van der Waals surface area contributed by atoms with Gasteiger partial charge in [0.2, 0.25) is 0 Å². The summed E-state index contributed by atoms with van der Waals surface area (Å²) in [7, 11) is 1.93. The Morgan fingerprint density at radius 1 is 1.33 bits per heavy atom. The molecule has 0 saturated carbocycles. The highest BCUT2D eigenvalue weighted by atomic mass is 35.5. The summed E-state index contributed by atoms with van der Waals surface area (Å²) >= 11 is 6.05. The number of nitrogens with zero attached hydrogens (tertiary/aromatic N) is 2. The Bertz CT molecular complexity index is 657. The summed E-state index contributed by atoms with van der Waals surface area (Å²) in [5.41, 5.74) is 2.79. The Morgan fingerprint density at radius 3 is 2.71 bits per heavy atom. The third-order valence-corrected chi connectivity index (χ3v) is 3.21. The molecule has 0 amide bonds. The minimum Gasteiger partial charge on any atom is -0.478 e. The number of hydrogen-bond acceptors (Lipinski definition) is 3. The van der Waals surface area contributed by atoms with Crippen molar-refractivity contribution in [1.82, 2.24) is 4.98 Å². The minimum atomic E-state index is -0.979. The highest BCUT2D eigenvalue weighted by Crippen LogP contribution is 2.26. The zero-order valence-electron chi connectivity index (χ0n) is 11.5. The van der Waals surface area contributed by atoms with E-state index in [-0.39, 0.29) is 0 Å². The molecule has 0 radical (unpaired) electrons. The third kappa shape index (κ3) is 4.33. The van der Waals surface area contributed by atoms with Gasteiger partial charge in [0.25, 0.3) is 0 Å². The number of carboxylic acid groups (broad SMARTS) is 1. The quantitative estimate of drug-likeness (QED) is 0.859. The Kier molecular flexibility index (Phi) is 4.95. The maximum atomic E-state index is 10.7. The van der Waals surface area contributed by atoms with Crippen LogP contribution in [0.15, 0.2) is 48.8 Å². The number of carbonyl (C=O) groups is 1. The molecule has 21 heavy (non-hydrogen) atoms. The largest absolute Gasteiger partial charge is 0.478 e. The lowest BCUT2D eigenvalue weighted by atomic mass is 10.1. The predicted octanol–water partition coefficient (Wildman–Crippen LogP) is 3.47. The highest BCUT2D eigenvalue weighted by Gasteiger charge is 2.08. The minimum absolute atomic E-state index is 0.610. The van der Waals surface area contributed by atoms with Gasteiger partial charge in [-0.05, 0) is 41.5 Å². The molecule has 0 unspecified atom stereocenters. The van der Waals surface area contributed by atoms with Gasteiger partial charge in [-0.15, -0.1) is 0 Å². The molecule has 1 heterocycles. The van der Waals surface area contributed by atoms with Crippen LogP contribution in [0.2, 0.25) is 5.02 Å². The lowest BCUT2D eigenvalue weighted by molar-refractivity contribution is -0.131. The molecule has 0 aliphatic heterocycles. The van der Waals surface area contributed by atoms with Gasteiger partial charge in [-0.1, -0.05) is 17.7 Å². The molecule has 5 heteroatoms. The van der Waals surface area contributed by atoms with E-state index in [1.807, 2.05) is 30.1 Å². The molecule has 0 aliphatic carbocycles. The second-order valence-corrected chi connectivity index (χ2v) is 5.02. The first kappa shape index (κ1) is 15.1. The van der Waals surface area contributed by atoms with E-state index in [1.54, 1.807) is 30.6 Å². The van der Waals surface area contributed by atoms with Crippen molar-refractivity contribution in [2.24, 2.45) is 0 Å². The molecule has 0 spiro atoms. The van der Waals surface area contributed by atoms with Crippen LogP contribution in [0, 0.1) is 0 Å². The normalized spacial score (nSPS) is 10.8. The Hall–Kier alpha value is -2.33. The molecule has 2 aromatic rings. The third-order valence-electron chi connectivity index (χ3n) is 2.98. The molecule has 0 bridgehead atoms. The van der Waals surface area contributed by atoms with Crippen molar-refractivity contribution in [3.8, 4) is 0 Å². The second-order valence-electron chi connectivity index (χ2n) is 4.59. The molecule has 2 rings (SSSR count). The van der Waals surface area contributed by atoms with Crippen LogP contribution in [0.5, 0.6) is 0 Å². The molecular formula is C16H15ClN2O2. The predicted molar refractivity (Wildman–Crippen MR) is 84.5 cm³/mol. The topological polar surface area (TPSA) is 53.4 Å². The van der Waals surface area contributed by atoms with Crippen molar-refractivity contribution in [2.75, 3.05) is 11.9 Å². The number of pyridine rings is 1. The summed E-state index contributed by atoms with van der Waals surface area (Å²) in [5, 5.41) is 9.37. The van der Waals surface area contributed by atoms with Crippen molar-refractivity contribution in [2.45, 2.75) is 6.54 Å². The van der Waals surface area contributed by atoms with Crippen molar-refractivity contribution in [3.05, 3.63) is 65.0 Å². The van der Waals surface area contributed by atoms with Crippen LogP contribution >= 0.6 is 11.6 Å². The average molecular weight is 303 g/mol. The standard InChI is InChI=1S/C16H15ClN2O2/c1-19(11-12-6-8-18-9-7-12)15-10-14(17)4-2-13(15)3-5-16(20)21/h2-10H,11H2,1H3,(H,20,21)/b5-3+. The van der Waals surface area contributed by atoms with E-state index in [0.717, 1.165) is 22.9 Å². The SMILES string of the molecule is CN(Cc1ccncc1)c1cc(Cl)ccc1/C=C/C(=O)O. The number of aromatic nitrogens is 1. The number of anilines is 1. The highest BCUT2D eigenvalue weighted by molar-refractivity contribution is 6.31. The van der Waals surface area contributed by atoms with Gasteiger partial charge >= 0.3 is 5.97 Å². The maximum Gasteiger partial charge on any atom is 0.328 e. The van der Waals surface area contributed by atoms with Gasteiger partial charge in [-0.3, -0.25) is 4.98 Å². The average Bonchev–Trinajstić information content (AvgIpc) is 2.46. The smallest absolute Gasteiger partial charge is 0.328 e. The Labute approximate surface area is 128 Å². The molecule has 4 nitrogen and oxygen atoms in total. The fourth-order valence-electron chi connectivity index (χ4n) is 2.00. The maximum absolute atomic E-state index is 10.7. The fourth-order valence-corrected chi connectivity index (χ4v) is 2.16. The van der Waals surface area contributed by atoms with E-state index in [2.05, 4.69) is 4.98 Å². The zero-order valence-corrected chi connectivity index (χ0v) is 12.3. The van der Waals surface area contributed by atoms with Gasteiger partial charge in [0.15, 0.2) is 0 Å². The number of hydrogen-bond donors (Lipinski definition) is 1. The van der Waals surface area contributed by atoms with Crippen molar-refractivity contribution in [1.29, 1.82) is 0 Å². The molecule has 1 N–H and O–H groups in total. The molecule has 0 fully saturated rings. The number of halogens is 1. The van der Waals surface area contributed by atoms with Crippen LogP contribution < -0.4 is 4.90 Å². The zero-order chi connectivity index (χ0) is 15.2. The van der Waals surface area contributed by atoms with Crippen LogP contribution in [0.3, 0.4) is 0 Å². The van der Waals surface area contributed by atoms with Crippen LogP contribution in [-0.2, 0) is 11.3 Å². The summed E-state index contributed by atoms with van der Waals surface area (Å²) in [6, 6.07) is 9.25. The first-order valence-electron chi connectivity index (χ1n) is 6.37. The summed E-state index contributed by atoms with van der Waals surface area (Å²) in [6.45, 7) is 0.677. The van der Waals surface area contributed by atoms with Crippen LogP contribution in [0.25, 0.3) is 6.08 Å². The summed E-state index contributed by atoms with van der Waals surface area (Å²) in [6.07, 6.45) is 6.17. The number of carboxylic acids is 1. The van der Waals surface area contributed by atoms with E-state index >= 15 is 0 Å². The second kappa shape index (κ2) is 6.90. The Balaban J connectivity index is 2.28. The van der Waals surface area contributed by atoms with Gasteiger partial charge < -0.3 is 10.0 Å². The van der Waals surface area contributed by atoms with E-state index in [9.17, 15) is 4.79 Å². The van der Waals surface area contributed by atoms with E-state index in [1.165, 1.54) is 0 Å². The summed E-state index contributed by atoms with van der Waals surface area (Å²) in [4.78, 5) is 16.7. The lowest BCUT2D eigenvalue weighted by Crippen LogP contribution is -2.17. The number of aliphatic carboxylic acids is 1. The van der Waals surface area contributed by atoms with E-state index < -0.39 is 5.97 Å². The number of benzene rings is 1. The first-order chi connectivity index (χ1) is 10.1. The summed E-state index contributed by atoms with van der Waals surface area (Å²) in [5.74, 6) is -0.979. The van der Waals surface area contributed by atoms with Gasteiger partial charge in [-0.2, -0.15) is 0 Å². The van der Waals surface area contributed by atoms with Crippen LogP contribution in [0.4, 0.5) is 5.69 Å². The lowest BCUT2D eigenvalue weighted by Gasteiger charge is -2.22. The molecule has 108 valence electrons. The monoisotopic (exact) mass is 302 g/mol. The van der Waals surface area contributed by atoms with Crippen LogP contribution in [-0.4, -0.2) is 23.1 Å². The van der Waals surface area contributed by atoms with Gasteiger partial charge in [0.1, 0.15) is 0 Å². The molecule has 0 atom stereocenters. The first-order valence-corrected chi connectivity index (χ1v) is 6.74. The van der Waals surface area contributed by atoms with Gasteiger partial charge in [0, 0.05) is 42.8 Å². The molecule has 1 aromatic carbocycles.